The van der Waals surface area contributed by atoms with Crippen LogP contribution in [0.15, 0.2) is 24.3 Å². The van der Waals surface area contributed by atoms with E-state index in [1.165, 1.54) is 12.1 Å². The van der Waals surface area contributed by atoms with Crippen LogP contribution in [0.2, 0.25) is 0 Å². The standard InChI is InChI=1S/C15H22F3NO2/c1-11(2)7-14(9-19,10-20)8-12-3-5-13(6-4-12)21-15(16,17)18/h3-6,11,20H,7-10,19H2,1-2H3. The van der Waals surface area contributed by atoms with E-state index in [1.54, 1.807) is 12.1 Å². The number of halogens is 3. The maximum Gasteiger partial charge on any atom is 0.573 e. The van der Waals surface area contributed by atoms with Gasteiger partial charge in [0.2, 0.25) is 0 Å². The van der Waals surface area contributed by atoms with Crippen molar-refractivity contribution in [3.8, 4) is 5.75 Å². The van der Waals surface area contributed by atoms with Gasteiger partial charge >= 0.3 is 6.36 Å². The van der Waals surface area contributed by atoms with E-state index >= 15 is 0 Å². The Kier molecular flexibility index (Phi) is 6.04. The Balaban J connectivity index is 2.81. The molecule has 0 aromatic heterocycles. The van der Waals surface area contributed by atoms with Crippen molar-refractivity contribution in [1.29, 1.82) is 0 Å². The molecule has 0 fully saturated rings. The number of aliphatic hydroxyl groups is 1. The monoisotopic (exact) mass is 305 g/mol. The van der Waals surface area contributed by atoms with Crippen LogP contribution < -0.4 is 10.5 Å². The highest BCUT2D eigenvalue weighted by atomic mass is 19.4. The SMILES string of the molecule is CC(C)CC(CN)(CO)Cc1ccc(OC(F)(F)F)cc1. The Morgan fingerprint density at radius 2 is 1.76 bits per heavy atom. The fraction of sp³-hybridized carbons (Fsp3) is 0.600. The van der Waals surface area contributed by atoms with Gasteiger partial charge in [-0.1, -0.05) is 26.0 Å². The van der Waals surface area contributed by atoms with Crippen LogP contribution in [0, 0.1) is 11.3 Å². The van der Waals surface area contributed by atoms with E-state index in [0.717, 1.165) is 12.0 Å². The van der Waals surface area contributed by atoms with Crippen molar-refractivity contribution in [3.63, 3.8) is 0 Å². The summed E-state index contributed by atoms with van der Waals surface area (Å²) in [4.78, 5) is 0. The number of alkyl halides is 3. The molecule has 0 bridgehead atoms. The minimum absolute atomic E-state index is 0.0531. The third-order valence-electron chi connectivity index (χ3n) is 3.35. The summed E-state index contributed by atoms with van der Waals surface area (Å²) in [5.41, 5.74) is 6.17. The quantitative estimate of drug-likeness (QED) is 0.814. The van der Waals surface area contributed by atoms with Gasteiger partial charge in [-0.2, -0.15) is 0 Å². The van der Waals surface area contributed by atoms with Crippen LogP contribution in [-0.2, 0) is 6.42 Å². The number of nitrogens with two attached hydrogens (primary N) is 1. The number of hydrogen-bond donors (Lipinski definition) is 2. The van der Waals surface area contributed by atoms with Crippen molar-refractivity contribution >= 4 is 0 Å². The second kappa shape index (κ2) is 7.13. The summed E-state index contributed by atoms with van der Waals surface area (Å²) in [5, 5.41) is 9.64. The van der Waals surface area contributed by atoms with Gasteiger partial charge in [-0.05, 0) is 36.5 Å². The van der Waals surface area contributed by atoms with Crippen molar-refractivity contribution in [3.05, 3.63) is 29.8 Å². The molecule has 1 rings (SSSR count). The fourth-order valence-corrected chi connectivity index (χ4v) is 2.52. The van der Waals surface area contributed by atoms with Crippen molar-refractivity contribution in [1.82, 2.24) is 0 Å². The minimum Gasteiger partial charge on any atom is -0.406 e. The van der Waals surface area contributed by atoms with E-state index in [2.05, 4.69) is 4.74 Å². The molecule has 0 amide bonds. The first-order valence-electron chi connectivity index (χ1n) is 6.85. The highest BCUT2D eigenvalue weighted by Gasteiger charge is 2.31. The molecule has 1 aromatic carbocycles. The number of aliphatic hydroxyl groups excluding tert-OH is 1. The molecule has 0 heterocycles. The minimum atomic E-state index is -4.69. The normalized spacial score (nSPS) is 15.0. The molecule has 6 heteroatoms. The molecule has 21 heavy (non-hydrogen) atoms. The summed E-state index contributed by atoms with van der Waals surface area (Å²) in [7, 11) is 0. The zero-order chi connectivity index (χ0) is 16.1. The van der Waals surface area contributed by atoms with Crippen molar-refractivity contribution in [2.24, 2.45) is 17.1 Å². The van der Waals surface area contributed by atoms with Crippen LogP contribution in [0.4, 0.5) is 13.2 Å². The van der Waals surface area contributed by atoms with Gasteiger partial charge in [-0.25, -0.2) is 0 Å². The molecule has 1 atom stereocenters. The molecule has 0 aliphatic carbocycles. The smallest absolute Gasteiger partial charge is 0.406 e. The molecule has 0 aliphatic rings. The van der Waals surface area contributed by atoms with Crippen molar-refractivity contribution in [2.75, 3.05) is 13.2 Å². The van der Waals surface area contributed by atoms with Crippen molar-refractivity contribution in [2.45, 2.75) is 33.1 Å². The summed E-state index contributed by atoms with van der Waals surface area (Å²) in [5.74, 6) is 0.117. The Hall–Kier alpha value is -1.27. The predicted octanol–water partition coefficient (Wildman–Crippen LogP) is 3.11. The first-order valence-corrected chi connectivity index (χ1v) is 6.85. The molecule has 1 aromatic rings. The summed E-state index contributed by atoms with van der Waals surface area (Å²) >= 11 is 0. The van der Waals surface area contributed by atoms with Crippen LogP contribution in [0.1, 0.15) is 25.8 Å². The average molecular weight is 305 g/mol. The lowest BCUT2D eigenvalue weighted by Crippen LogP contribution is -2.37. The highest BCUT2D eigenvalue weighted by molar-refractivity contribution is 5.28. The first-order chi connectivity index (χ1) is 9.69. The van der Waals surface area contributed by atoms with Crippen LogP contribution in [0.5, 0.6) is 5.75 Å². The van der Waals surface area contributed by atoms with Crippen LogP contribution in [0.3, 0.4) is 0 Å². The molecule has 0 saturated carbocycles. The van der Waals surface area contributed by atoms with Gasteiger partial charge in [0.25, 0.3) is 0 Å². The van der Waals surface area contributed by atoms with E-state index in [1.807, 2.05) is 13.8 Å². The Morgan fingerprint density at radius 1 is 1.19 bits per heavy atom. The molecule has 0 aliphatic heterocycles. The molecule has 1 unspecified atom stereocenters. The molecular weight excluding hydrogens is 283 g/mol. The largest absolute Gasteiger partial charge is 0.573 e. The summed E-state index contributed by atoms with van der Waals surface area (Å²) in [6, 6.07) is 5.69. The van der Waals surface area contributed by atoms with E-state index < -0.39 is 11.8 Å². The number of hydrogen-bond acceptors (Lipinski definition) is 3. The Bertz CT molecular complexity index is 426. The lowest BCUT2D eigenvalue weighted by Gasteiger charge is -2.32. The van der Waals surface area contributed by atoms with Crippen LogP contribution in [-0.4, -0.2) is 24.6 Å². The molecule has 0 radical (unpaired) electrons. The molecule has 120 valence electrons. The second-order valence-corrected chi connectivity index (χ2v) is 5.83. The average Bonchev–Trinajstić information content (AvgIpc) is 2.38. The molecule has 0 saturated heterocycles. The van der Waals surface area contributed by atoms with E-state index in [4.69, 9.17) is 5.73 Å². The number of benzene rings is 1. The fourth-order valence-electron chi connectivity index (χ4n) is 2.52. The lowest BCUT2D eigenvalue weighted by atomic mass is 9.76. The van der Waals surface area contributed by atoms with Crippen molar-refractivity contribution < 1.29 is 23.0 Å². The van der Waals surface area contributed by atoms with Gasteiger partial charge in [-0.3, -0.25) is 0 Å². The second-order valence-electron chi connectivity index (χ2n) is 5.83. The maximum atomic E-state index is 12.1. The maximum absolute atomic E-state index is 12.1. The molecule has 3 nitrogen and oxygen atoms in total. The summed E-state index contributed by atoms with van der Waals surface area (Å²) < 4.78 is 40.1. The van der Waals surface area contributed by atoms with Gasteiger partial charge < -0.3 is 15.6 Å². The first kappa shape index (κ1) is 17.8. The molecule has 0 spiro atoms. The van der Waals surface area contributed by atoms with Gasteiger partial charge in [-0.15, -0.1) is 13.2 Å². The predicted molar refractivity (Wildman–Crippen MR) is 74.9 cm³/mol. The molecule has 3 N–H and O–H groups in total. The van der Waals surface area contributed by atoms with E-state index in [9.17, 15) is 18.3 Å². The molecular formula is C15H22F3NO2. The number of rotatable bonds is 7. The van der Waals surface area contributed by atoms with E-state index in [0.29, 0.717) is 18.9 Å². The highest BCUT2D eigenvalue weighted by Crippen LogP contribution is 2.30. The van der Waals surface area contributed by atoms with Crippen LogP contribution in [0.25, 0.3) is 0 Å². The summed E-state index contributed by atoms with van der Waals surface area (Å²) in [6.07, 6.45) is -3.42. The third kappa shape index (κ3) is 5.93. The lowest BCUT2D eigenvalue weighted by molar-refractivity contribution is -0.274. The summed E-state index contributed by atoms with van der Waals surface area (Å²) in [6.45, 7) is 4.35. The third-order valence-corrected chi connectivity index (χ3v) is 3.35. The van der Waals surface area contributed by atoms with Gasteiger partial charge in [0.15, 0.2) is 0 Å². The zero-order valence-corrected chi connectivity index (χ0v) is 12.3. The number of ether oxygens (including phenoxy) is 1. The van der Waals surface area contributed by atoms with Gasteiger partial charge in [0.1, 0.15) is 5.75 Å². The topological polar surface area (TPSA) is 55.5 Å². The van der Waals surface area contributed by atoms with E-state index in [-0.39, 0.29) is 12.4 Å². The van der Waals surface area contributed by atoms with Gasteiger partial charge in [0.05, 0.1) is 6.61 Å². The zero-order valence-electron chi connectivity index (χ0n) is 12.3. The Morgan fingerprint density at radius 3 is 2.14 bits per heavy atom. The van der Waals surface area contributed by atoms with Crippen LogP contribution >= 0.6 is 0 Å². The van der Waals surface area contributed by atoms with Gasteiger partial charge in [0, 0.05) is 12.0 Å². The Labute approximate surface area is 122 Å².